The van der Waals surface area contributed by atoms with Crippen LogP contribution in [0.4, 0.5) is 0 Å². The van der Waals surface area contributed by atoms with Crippen LogP contribution in [0, 0.1) is 5.92 Å². The lowest BCUT2D eigenvalue weighted by atomic mass is 10.00. The van der Waals surface area contributed by atoms with Crippen LogP contribution in [-0.2, 0) is 65.4 Å². The van der Waals surface area contributed by atoms with Crippen LogP contribution < -0.4 is 0 Å². The summed E-state index contributed by atoms with van der Waals surface area (Å²) >= 11 is 0. The minimum atomic E-state index is -4.95. The standard InChI is InChI=1S/C69H134O17P2/c1-6-10-13-16-19-22-25-27-28-30-32-35-38-44-49-54-68(73)85-64(58-79-67(72)53-48-43-37-34-31-29-26-23-20-17-14-11-7-2)60-83-87(75,76)81-56-63(70)57-82-88(77,78)84-61-65(86-69(74)55-50-45-40-39-41-46-51-62(5)9-4)59-80-66(71)52-47-42-36-33-24-21-18-15-12-8-3/h62-65,70H,6-61H2,1-5H3,(H,75,76)(H,77,78)/t62?,63-,64-,65-/m1/s1. The van der Waals surface area contributed by atoms with Crippen LogP contribution in [0.5, 0.6) is 0 Å². The summed E-state index contributed by atoms with van der Waals surface area (Å²) in [4.78, 5) is 72.5. The van der Waals surface area contributed by atoms with Crippen LogP contribution in [0.15, 0.2) is 0 Å². The highest BCUT2D eigenvalue weighted by Crippen LogP contribution is 2.45. The van der Waals surface area contributed by atoms with Gasteiger partial charge in [0.2, 0.25) is 0 Å². The van der Waals surface area contributed by atoms with Crippen molar-refractivity contribution in [2.45, 2.75) is 374 Å². The highest BCUT2D eigenvalue weighted by molar-refractivity contribution is 7.47. The van der Waals surface area contributed by atoms with Crippen molar-refractivity contribution in [1.29, 1.82) is 0 Å². The van der Waals surface area contributed by atoms with E-state index in [2.05, 4.69) is 34.6 Å². The number of carbonyl (C=O) groups is 4. The van der Waals surface area contributed by atoms with E-state index in [1.807, 2.05) is 0 Å². The Morgan fingerprint density at radius 1 is 0.318 bits per heavy atom. The summed E-state index contributed by atoms with van der Waals surface area (Å²) in [7, 11) is -9.90. The normalized spacial score (nSPS) is 14.4. The van der Waals surface area contributed by atoms with Crippen molar-refractivity contribution in [2.24, 2.45) is 5.92 Å². The van der Waals surface area contributed by atoms with Gasteiger partial charge in [0.1, 0.15) is 19.3 Å². The Bertz CT molecular complexity index is 1710. The second-order valence-corrected chi connectivity index (χ2v) is 28.1. The zero-order valence-electron chi connectivity index (χ0n) is 56.9. The molecule has 19 heteroatoms. The molecule has 0 spiro atoms. The summed E-state index contributed by atoms with van der Waals surface area (Å²) in [6.07, 6.45) is 48.5. The maximum Gasteiger partial charge on any atom is 0.472 e. The van der Waals surface area contributed by atoms with Crippen molar-refractivity contribution < 1.29 is 80.2 Å². The highest BCUT2D eigenvalue weighted by atomic mass is 31.2. The fourth-order valence-corrected chi connectivity index (χ4v) is 12.0. The van der Waals surface area contributed by atoms with Gasteiger partial charge in [0.25, 0.3) is 0 Å². The molecule has 3 unspecified atom stereocenters. The Kier molecular flexibility index (Phi) is 61.1. The van der Waals surface area contributed by atoms with Crippen molar-refractivity contribution in [3.63, 3.8) is 0 Å². The average molecular weight is 1300 g/mol. The third kappa shape index (κ3) is 61.6. The summed E-state index contributed by atoms with van der Waals surface area (Å²) in [5.41, 5.74) is 0. The van der Waals surface area contributed by atoms with E-state index < -0.39 is 97.5 Å². The molecule has 0 radical (unpaired) electrons. The highest BCUT2D eigenvalue weighted by Gasteiger charge is 2.30. The fraction of sp³-hybridized carbons (Fsp3) is 0.942. The van der Waals surface area contributed by atoms with Gasteiger partial charge in [-0.1, -0.05) is 304 Å². The topological polar surface area (TPSA) is 237 Å². The zero-order valence-corrected chi connectivity index (χ0v) is 58.6. The van der Waals surface area contributed by atoms with Gasteiger partial charge in [-0.2, -0.15) is 0 Å². The monoisotopic (exact) mass is 1300 g/mol. The number of hydrogen-bond acceptors (Lipinski definition) is 15. The first-order valence-corrected chi connectivity index (χ1v) is 39.2. The fourth-order valence-electron chi connectivity index (χ4n) is 10.4. The molecule has 522 valence electrons. The molecule has 0 bridgehead atoms. The van der Waals surface area contributed by atoms with Crippen molar-refractivity contribution >= 4 is 39.5 Å². The van der Waals surface area contributed by atoms with E-state index in [-0.39, 0.29) is 25.7 Å². The molecule has 0 aromatic rings. The van der Waals surface area contributed by atoms with E-state index >= 15 is 0 Å². The number of aliphatic hydroxyl groups is 1. The van der Waals surface area contributed by atoms with Crippen LogP contribution in [0.2, 0.25) is 0 Å². The zero-order chi connectivity index (χ0) is 64.9. The smallest absolute Gasteiger partial charge is 0.462 e. The SMILES string of the molecule is CCCCCCCCCCCCCCCCCC(=O)O[C@H](COC(=O)CCCCCCCCCCCCCCC)COP(=O)(O)OC[C@@H](O)COP(=O)(O)OC[C@@H](COC(=O)CCCCCCCCCCCC)OC(=O)CCCCCCCCC(C)CC. The molecule has 0 rings (SSSR count). The molecular weight excluding hydrogens is 1160 g/mol. The van der Waals surface area contributed by atoms with Gasteiger partial charge < -0.3 is 33.8 Å². The molecule has 0 saturated heterocycles. The predicted molar refractivity (Wildman–Crippen MR) is 354 cm³/mol. The van der Waals surface area contributed by atoms with Crippen LogP contribution >= 0.6 is 15.6 Å². The molecule has 17 nitrogen and oxygen atoms in total. The Morgan fingerprint density at radius 2 is 0.545 bits per heavy atom. The third-order valence-electron chi connectivity index (χ3n) is 16.4. The number of hydrogen-bond donors (Lipinski definition) is 3. The second-order valence-electron chi connectivity index (χ2n) is 25.2. The summed E-state index contributed by atoms with van der Waals surface area (Å²) in [6.45, 7) is 7.19. The molecule has 6 atom stereocenters. The number of phosphoric ester groups is 2. The maximum absolute atomic E-state index is 13.0. The molecule has 0 amide bonds. The van der Waals surface area contributed by atoms with Gasteiger partial charge in [-0.05, 0) is 31.6 Å². The number of aliphatic hydroxyl groups excluding tert-OH is 1. The number of ether oxygens (including phenoxy) is 4. The summed E-state index contributed by atoms with van der Waals surface area (Å²) in [5.74, 6) is -1.40. The Balaban J connectivity index is 5.24. The molecule has 0 aliphatic heterocycles. The van der Waals surface area contributed by atoms with E-state index in [9.17, 15) is 43.2 Å². The molecule has 0 heterocycles. The van der Waals surface area contributed by atoms with Gasteiger partial charge in [0.15, 0.2) is 12.2 Å². The largest absolute Gasteiger partial charge is 0.472 e. The van der Waals surface area contributed by atoms with E-state index in [4.69, 9.17) is 37.0 Å². The molecular formula is C69H134O17P2. The minimum absolute atomic E-state index is 0.103. The lowest BCUT2D eigenvalue weighted by Crippen LogP contribution is -2.30. The molecule has 0 aromatic carbocycles. The number of rotatable bonds is 69. The second kappa shape index (κ2) is 62.5. The molecule has 0 aliphatic carbocycles. The van der Waals surface area contributed by atoms with Gasteiger partial charge in [-0.25, -0.2) is 9.13 Å². The number of unbranched alkanes of at least 4 members (excludes halogenated alkanes) is 40. The lowest BCUT2D eigenvalue weighted by Gasteiger charge is -2.21. The molecule has 0 aliphatic rings. The predicted octanol–water partition coefficient (Wildman–Crippen LogP) is 19.7. The van der Waals surface area contributed by atoms with E-state index in [0.29, 0.717) is 25.7 Å². The van der Waals surface area contributed by atoms with Gasteiger partial charge in [0.05, 0.1) is 26.4 Å². The first-order valence-electron chi connectivity index (χ1n) is 36.2. The Labute approximate surface area is 537 Å². The summed E-state index contributed by atoms with van der Waals surface area (Å²) < 4.78 is 68.2. The van der Waals surface area contributed by atoms with Crippen LogP contribution in [-0.4, -0.2) is 96.7 Å². The number of carbonyl (C=O) groups excluding carboxylic acids is 4. The first-order chi connectivity index (χ1) is 42.6. The van der Waals surface area contributed by atoms with Crippen molar-refractivity contribution in [3.8, 4) is 0 Å². The Morgan fingerprint density at radius 3 is 0.807 bits per heavy atom. The quantitative estimate of drug-likeness (QED) is 0.0222. The number of esters is 4. The van der Waals surface area contributed by atoms with Crippen molar-refractivity contribution in [3.05, 3.63) is 0 Å². The maximum atomic E-state index is 13.0. The molecule has 0 saturated carbocycles. The molecule has 0 aromatic heterocycles. The first kappa shape index (κ1) is 86.1. The minimum Gasteiger partial charge on any atom is -0.462 e. The van der Waals surface area contributed by atoms with Crippen LogP contribution in [0.3, 0.4) is 0 Å². The van der Waals surface area contributed by atoms with Crippen LogP contribution in [0.1, 0.15) is 356 Å². The summed E-state index contributed by atoms with van der Waals surface area (Å²) in [5, 5.41) is 10.6. The van der Waals surface area contributed by atoms with Crippen molar-refractivity contribution in [1.82, 2.24) is 0 Å². The lowest BCUT2D eigenvalue weighted by molar-refractivity contribution is -0.161. The van der Waals surface area contributed by atoms with E-state index in [0.717, 1.165) is 95.8 Å². The van der Waals surface area contributed by atoms with Crippen molar-refractivity contribution in [2.75, 3.05) is 39.6 Å². The van der Waals surface area contributed by atoms with E-state index in [1.165, 1.54) is 180 Å². The van der Waals surface area contributed by atoms with Crippen LogP contribution in [0.25, 0.3) is 0 Å². The van der Waals surface area contributed by atoms with E-state index in [1.54, 1.807) is 0 Å². The number of phosphoric acid groups is 2. The van der Waals surface area contributed by atoms with Gasteiger partial charge >= 0.3 is 39.5 Å². The molecule has 88 heavy (non-hydrogen) atoms. The third-order valence-corrected chi connectivity index (χ3v) is 18.3. The Hall–Kier alpha value is -1.94. The van der Waals surface area contributed by atoms with Gasteiger partial charge in [-0.15, -0.1) is 0 Å². The molecule has 0 fully saturated rings. The average Bonchev–Trinajstić information content (AvgIpc) is 3.63. The van der Waals surface area contributed by atoms with Gasteiger partial charge in [-0.3, -0.25) is 37.3 Å². The van der Waals surface area contributed by atoms with Gasteiger partial charge in [0, 0.05) is 25.7 Å². The molecule has 3 N–H and O–H groups in total. The summed E-state index contributed by atoms with van der Waals surface area (Å²) in [6, 6.07) is 0.